The van der Waals surface area contributed by atoms with E-state index in [4.69, 9.17) is 0 Å². The number of piperazine rings is 1. The van der Waals surface area contributed by atoms with Crippen LogP contribution in [-0.2, 0) is 25.4 Å². The lowest BCUT2D eigenvalue weighted by molar-refractivity contribution is -0.117. The third kappa shape index (κ3) is 4.01. The number of aromatic nitrogens is 4. The second-order valence-corrected chi connectivity index (χ2v) is 6.35. The summed E-state index contributed by atoms with van der Waals surface area (Å²) in [7, 11) is 3.85. The van der Waals surface area contributed by atoms with E-state index in [0.717, 1.165) is 50.1 Å². The Bertz CT molecular complexity index is 697. The lowest BCUT2D eigenvalue weighted by Gasteiger charge is -2.33. The van der Waals surface area contributed by atoms with Gasteiger partial charge in [0.2, 0.25) is 5.91 Å². The highest BCUT2D eigenvalue weighted by Gasteiger charge is 2.20. The van der Waals surface area contributed by atoms with Gasteiger partial charge in [0.25, 0.3) is 0 Å². The number of hydrogen-bond acceptors (Lipinski definition) is 5. The normalized spacial score (nSPS) is 16.5. The lowest BCUT2D eigenvalue weighted by atomic mass is 10.3. The summed E-state index contributed by atoms with van der Waals surface area (Å²) in [5.74, 6) is 1.83. The van der Waals surface area contributed by atoms with Crippen molar-refractivity contribution in [1.82, 2.24) is 29.1 Å². The van der Waals surface area contributed by atoms with Crippen LogP contribution in [0.15, 0.2) is 18.5 Å². The van der Waals surface area contributed by atoms with E-state index in [2.05, 4.69) is 29.8 Å². The minimum atomic E-state index is 0.00977. The molecule has 1 amide bonds. The Kier molecular flexibility index (Phi) is 4.96. The van der Waals surface area contributed by atoms with Gasteiger partial charge in [0, 0.05) is 58.7 Å². The average molecular weight is 331 g/mol. The van der Waals surface area contributed by atoms with Crippen molar-refractivity contribution in [2.24, 2.45) is 14.1 Å². The maximum absolute atomic E-state index is 12.2. The largest absolute Gasteiger partial charge is 0.337 e. The van der Waals surface area contributed by atoms with Gasteiger partial charge in [0.05, 0.1) is 18.8 Å². The molecule has 2 aromatic rings. The Morgan fingerprint density at radius 2 is 1.92 bits per heavy atom. The van der Waals surface area contributed by atoms with E-state index in [1.807, 2.05) is 39.5 Å². The summed E-state index contributed by atoms with van der Waals surface area (Å²) in [5.41, 5.74) is 0.899. The van der Waals surface area contributed by atoms with Crippen LogP contribution in [-0.4, -0.2) is 67.8 Å². The molecule has 3 heterocycles. The predicted octanol–water partition coefficient (Wildman–Crippen LogP) is 0.218. The second kappa shape index (κ2) is 7.14. The molecule has 1 fully saturated rings. The maximum atomic E-state index is 12.2. The number of nitrogens with one attached hydrogen (secondary N) is 1. The molecule has 8 heteroatoms. The summed E-state index contributed by atoms with van der Waals surface area (Å²) < 4.78 is 3.74. The van der Waals surface area contributed by atoms with Crippen LogP contribution in [0.4, 0.5) is 5.82 Å². The van der Waals surface area contributed by atoms with Crippen molar-refractivity contribution in [1.29, 1.82) is 0 Å². The molecule has 8 nitrogen and oxygen atoms in total. The van der Waals surface area contributed by atoms with Gasteiger partial charge >= 0.3 is 0 Å². The first-order chi connectivity index (χ1) is 11.5. The van der Waals surface area contributed by atoms with Gasteiger partial charge in [-0.15, -0.1) is 0 Å². The Morgan fingerprint density at radius 3 is 2.50 bits per heavy atom. The molecule has 0 unspecified atom stereocenters. The van der Waals surface area contributed by atoms with E-state index in [0.29, 0.717) is 6.54 Å². The fourth-order valence-corrected chi connectivity index (χ4v) is 2.97. The fraction of sp³-hybridized carbons (Fsp3) is 0.562. The number of imidazole rings is 1. The number of carbonyl (C=O) groups excluding carboxylic acids is 1. The van der Waals surface area contributed by atoms with Crippen molar-refractivity contribution in [3.8, 4) is 0 Å². The highest BCUT2D eigenvalue weighted by atomic mass is 16.2. The quantitative estimate of drug-likeness (QED) is 0.849. The standard InChI is InChI=1S/C16H25N7O/c1-13-10-14(21(3)19-13)18-16(24)12-23-8-6-22(7-9-23)11-15-17-4-5-20(15)2/h4-5,10H,6-9,11-12H2,1-3H3,(H,18,24). The first-order valence-electron chi connectivity index (χ1n) is 8.22. The van der Waals surface area contributed by atoms with Crippen molar-refractivity contribution in [2.45, 2.75) is 13.5 Å². The average Bonchev–Trinajstić information content (AvgIpc) is 3.07. The minimum absolute atomic E-state index is 0.00977. The molecular formula is C16H25N7O. The summed E-state index contributed by atoms with van der Waals surface area (Å²) >= 11 is 0. The molecule has 0 aromatic carbocycles. The molecule has 2 aromatic heterocycles. The molecule has 0 bridgehead atoms. The van der Waals surface area contributed by atoms with E-state index < -0.39 is 0 Å². The molecule has 0 saturated carbocycles. The van der Waals surface area contributed by atoms with Crippen LogP contribution in [0, 0.1) is 6.92 Å². The fourth-order valence-electron chi connectivity index (χ4n) is 2.97. The number of rotatable bonds is 5. The monoisotopic (exact) mass is 331 g/mol. The van der Waals surface area contributed by atoms with Gasteiger partial charge in [-0.25, -0.2) is 4.98 Å². The molecule has 0 radical (unpaired) electrons. The summed E-state index contributed by atoms with van der Waals surface area (Å²) in [6.45, 7) is 6.87. The molecule has 1 N–H and O–H groups in total. The van der Waals surface area contributed by atoms with Gasteiger partial charge in [-0.05, 0) is 6.92 Å². The zero-order chi connectivity index (χ0) is 17.1. The molecule has 130 valence electrons. The molecule has 24 heavy (non-hydrogen) atoms. The molecular weight excluding hydrogens is 306 g/mol. The van der Waals surface area contributed by atoms with Crippen molar-refractivity contribution in [2.75, 3.05) is 38.0 Å². The molecule has 3 rings (SSSR count). The highest BCUT2D eigenvalue weighted by molar-refractivity contribution is 5.91. The van der Waals surface area contributed by atoms with Crippen LogP contribution < -0.4 is 5.32 Å². The first-order valence-corrected chi connectivity index (χ1v) is 8.22. The Morgan fingerprint density at radius 1 is 1.21 bits per heavy atom. The van der Waals surface area contributed by atoms with E-state index in [9.17, 15) is 4.79 Å². The van der Waals surface area contributed by atoms with Gasteiger partial charge in [0.1, 0.15) is 11.6 Å². The van der Waals surface area contributed by atoms with Crippen molar-refractivity contribution >= 4 is 11.7 Å². The van der Waals surface area contributed by atoms with E-state index >= 15 is 0 Å². The van der Waals surface area contributed by atoms with Crippen LogP contribution >= 0.6 is 0 Å². The lowest BCUT2D eigenvalue weighted by Crippen LogP contribution is -2.48. The SMILES string of the molecule is Cc1cc(NC(=O)CN2CCN(Cc3nccn3C)CC2)n(C)n1. The third-order valence-corrected chi connectivity index (χ3v) is 4.39. The van der Waals surface area contributed by atoms with Gasteiger partial charge < -0.3 is 9.88 Å². The maximum Gasteiger partial charge on any atom is 0.239 e. The van der Waals surface area contributed by atoms with Gasteiger partial charge in [-0.1, -0.05) is 0 Å². The van der Waals surface area contributed by atoms with E-state index in [1.54, 1.807) is 4.68 Å². The number of anilines is 1. The summed E-state index contributed by atoms with van der Waals surface area (Å²) in [5, 5.41) is 7.16. The Hall–Kier alpha value is -2.19. The Labute approximate surface area is 142 Å². The predicted molar refractivity (Wildman–Crippen MR) is 91.5 cm³/mol. The highest BCUT2D eigenvalue weighted by Crippen LogP contribution is 2.09. The van der Waals surface area contributed by atoms with Crippen molar-refractivity contribution < 1.29 is 4.79 Å². The molecule has 1 aliphatic rings. The van der Waals surface area contributed by atoms with Crippen LogP contribution in [0.3, 0.4) is 0 Å². The minimum Gasteiger partial charge on any atom is -0.337 e. The molecule has 1 saturated heterocycles. The summed E-state index contributed by atoms with van der Waals surface area (Å²) in [6.07, 6.45) is 3.80. The molecule has 0 spiro atoms. The van der Waals surface area contributed by atoms with Gasteiger partial charge in [-0.3, -0.25) is 19.3 Å². The number of hydrogen-bond donors (Lipinski definition) is 1. The number of amides is 1. The van der Waals surface area contributed by atoms with Crippen LogP contribution in [0.1, 0.15) is 11.5 Å². The second-order valence-electron chi connectivity index (χ2n) is 6.35. The topological polar surface area (TPSA) is 71.2 Å². The molecule has 0 atom stereocenters. The van der Waals surface area contributed by atoms with Crippen LogP contribution in [0.25, 0.3) is 0 Å². The zero-order valence-electron chi connectivity index (χ0n) is 14.6. The van der Waals surface area contributed by atoms with Gasteiger partial charge in [-0.2, -0.15) is 5.10 Å². The number of carbonyl (C=O) groups is 1. The van der Waals surface area contributed by atoms with Crippen LogP contribution in [0.5, 0.6) is 0 Å². The van der Waals surface area contributed by atoms with Crippen LogP contribution in [0.2, 0.25) is 0 Å². The van der Waals surface area contributed by atoms with Crippen molar-refractivity contribution in [3.05, 3.63) is 30.0 Å². The summed E-state index contributed by atoms with van der Waals surface area (Å²) in [6, 6.07) is 1.88. The molecule has 1 aliphatic heterocycles. The number of aryl methyl sites for hydroxylation is 3. The van der Waals surface area contributed by atoms with Gasteiger partial charge in [0.15, 0.2) is 0 Å². The zero-order valence-corrected chi connectivity index (χ0v) is 14.6. The van der Waals surface area contributed by atoms with E-state index in [-0.39, 0.29) is 5.91 Å². The first kappa shape index (κ1) is 16.7. The number of nitrogens with zero attached hydrogens (tertiary/aromatic N) is 6. The molecule has 0 aliphatic carbocycles. The van der Waals surface area contributed by atoms with Crippen molar-refractivity contribution in [3.63, 3.8) is 0 Å². The smallest absolute Gasteiger partial charge is 0.239 e. The van der Waals surface area contributed by atoms with E-state index in [1.165, 1.54) is 0 Å². The Balaban J connectivity index is 1.44. The summed E-state index contributed by atoms with van der Waals surface area (Å²) in [4.78, 5) is 21.1. The third-order valence-electron chi connectivity index (χ3n) is 4.39.